The van der Waals surface area contributed by atoms with Crippen LogP contribution in [0, 0.1) is 0 Å². The number of likely N-dealkylation sites (N-methyl/N-ethyl adjacent to an activating group) is 1. The van der Waals surface area contributed by atoms with Gasteiger partial charge < -0.3 is 10.2 Å². The second-order valence-corrected chi connectivity index (χ2v) is 4.42. The number of hydrogen-bond acceptors (Lipinski definition) is 3. The highest BCUT2D eigenvalue weighted by atomic mass is 35.5. The van der Waals surface area contributed by atoms with Gasteiger partial charge in [0, 0.05) is 31.0 Å². The second kappa shape index (κ2) is 6.71. The number of nitrogens with one attached hydrogen (secondary N) is 1. The van der Waals surface area contributed by atoms with Gasteiger partial charge in [0.2, 0.25) is 0 Å². The normalized spacial score (nSPS) is 12.8. The van der Waals surface area contributed by atoms with Gasteiger partial charge in [-0.05, 0) is 32.5 Å². The topological polar surface area (TPSA) is 28.2 Å². The number of anilines is 1. The van der Waals surface area contributed by atoms with Gasteiger partial charge in [0.05, 0.1) is 0 Å². The first-order chi connectivity index (χ1) is 7.63. The molecule has 4 heteroatoms. The van der Waals surface area contributed by atoms with Crippen molar-refractivity contribution in [3.05, 3.63) is 23.5 Å². The molecule has 1 unspecified atom stereocenters. The van der Waals surface area contributed by atoms with Crippen molar-refractivity contribution in [1.82, 2.24) is 9.88 Å². The maximum absolute atomic E-state index is 5.80. The van der Waals surface area contributed by atoms with Crippen LogP contribution in [-0.2, 0) is 0 Å². The predicted molar refractivity (Wildman–Crippen MR) is 70.1 cm³/mol. The van der Waals surface area contributed by atoms with Gasteiger partial charge in [0.25, 0.3) is 0 Å². The molecule has 1 heterocycles. The molecule has 0 bridgehead atoms. The maximum Gasteiger partial charge on any atom is 0.131 e. The highest BCUT2D eigenvalue weighted by Gasteiger charge is 2.05. The van der Waals surface area contributed by atoms with E-state index in [9.17, 15) is 0 Å². The van der Waals surface area contributed by atoms with E-state index in [4.69, 9.17) is 11.6 Å². The Bertz CT molecular complexity index is 317. The standard InChI is InChI=1S/C12H20ClN3/c1-4-10(2)16(3)8-7-14-11-5-6-15-12(13)9-11/h5-6,9-10H,4,7-8H2,1-3H3,(H,14,15). The molecule has 0 aromatic carbocycles. The second-order valence-electron chi connectivity index (χ2n) is 4.03. The van der Waals surface area contributed by atoms with Crippen LogP contribution in [0.2, 0.25) is 5.15 Å². The van der Waals surface area contributed by atoms with E-state index in [0.29, 0.717) is 11.2 Å². The van der Waals surface area contributed by atoms with Gasteiger partial charge in [-0.25, -0.2) is 4.98 Å². The zero-order valence-electron chi connectivity index (χ0n) is 10.2. The molecule has 1 atom stereocenters. The van der Waals surface area contributed by atoms with Crippen LogP contribution in [0.4, 0.5) is 5.69 Å². The summed E-state index contributed by atoms with van der Waals surface area (Å²) < 4.78 is 0. The number of rotatable bonds is 6. The minimum absolute atomic E-state index is 0.528. The molecule has 1 rings (SSSR count). The average molecular weight is 242 g/mol. The van der Waals surface area contributed by atoms with Gasteiger partial charge in [-0.1, -0.05) is 18.5 Å². The minimum atomic E-state index is 0.528. The maximum atomic E-state index is 5.80. The number of nitrogens with zero attached hydrogens (tertiary/aromatic N) is 2. The van der Waals surface area contributed by atoms with E-state index in [2.05, 4.69) is 36.1 Å². The molecular weight excluding hydrogens is 222 g/mol. The number of halogens is 1. The third-order valence-electron chi connectivity index (χ3n) is 2.86. The summed E-state index contributed by atoms with van der Waals surface area (Å²) in [6, 6.07) is 4.39. The molecule has 0 aliphatic heterocycles. The van der Waals surface area contributed by atoms with Gasteiger partial charge in [-0.3, -0.25) is 0 Å². The van der Waals surface area contributed by atoms with E-state index in [1.54, 1.807) is 6.20 Å². The van der Waals surface area contributed by atoms with E-state index in [1.165, 1.54) is 6.42 Å². The van der Waals surface area contributed by atoms with Gasteiger partial charge in [0.15, 0.2) is 0 Å². The summed E-state index contributed by atoms with van der Waals surface area (Å²) in [6.07, 6.45) is 2.89. The Balaban J connectivity index is 2.30. The highest BCUT2D eigenvalue weighted by molar-refractivity contribution is 6.29. The predicted octanol–water partition coefficient (Wildman–Crippen LogP) is 2.88. The summed E-state index contributed by atoms with van der Waals surface area (Å²) in [5.74, 6) is 0. The molecule has 0 saturated heterocycles. The molecule has 0 amide bonds. The highest BCUT2D eigenvalue weighted by Crippen LogP contribution is 2.11. The molecule has 3 nitrogen and oxygen atoms in total. The van der Waals surface area contributed by atoms with Crippen molar-refractivity contribution >= 4 is 17.3 Å². The third-order valence-corrected chi connectivity index (χ3v) is 3.07. The van der Waals surface area contributed by atoms with Crippen LogP contribution in [0.15, 0.2) is 18.3 Å². The number of pyridine rings is 1. The lowest BCUT2D eigenvalue weighted by Gasteiger charge is -2.23. The molecule has 0 aliphatic rings. The molecule has 1 aromatic rings. The zero-order chi connectivity index (χ0) is 12.0. The van der Waals surface area contributed by atoms with Crippen LogP contribution in [0.25, 0.3) is 0 Å². The van der Waals surface area contributed by atoms with Crippen molar-refractivity contribution in [2.45, 2.75) is 26.3 Å². The molecule has 0 spiro atoms. The van der Waals surface area contributed by atoms with E-state index < -0.39 is 0 Å². The van der Waals surface area contributed by atoms with Crippen molar-refractivity contribution in [2.24, 2.45) is 0 Å². The van der Waals surface area contributed by atoms with Crippen LogP contribution in [0.5, 0.6) is 0 Å². The first-order valence-corrected chi connectivity index (χ1v) is 6.07. The first kappa shape index (κ1) is 13.3. The van der Waals surface area contributed by atoms with Gasteiger partial charge in [-0.15, -0.1) is 0 Å². The van der Waals surface area contributed by atoms with Gasteiger partial charge >= 0.3 is 0 Å². The molecular formula is C12H20ClN3. The quantitative estimate of drug-likeness (QED) is 0.777. The van der Waals surface area contributed by atoms with Crippen LogP contribution in [0.3, 0.4) is 0 Å². The number of hydrogen-bond donors (Lipinski definition) is 1. The van der Waals surface area contributed by atoms with Crippen molar-refractivity contribution in [2.75, 3.05) is 25.5 Å². The molecule has 90 valence electrons. The SMILES string of the molecule is CCC(C)N(C)CCNc1ccnc(Cl)c1. The fourth-order valence-corrected chi connectivity index (χ4v) is 1.59. The Hall–Kier alpha value is -0.800. The molecule has 0 saturated carbocycles. The number of aromatic nitrogens is 1. The summed E-state index contributed by atoms with van der Waals surface area (Å²) in [4.78, 5) is 6.28. The van der Waals surface area contributed by atoms with Gasteiger partial charge in [0.1, 0.15) is 5.15 Å². The monoisotopic (exact) mass is 241 g/mol. The minimum Gasteiger partial charge on any atom is -0.384 e. The van der Waals surface area contributed by atoms with Gasteiger partial charge in [-0.2, -0.15) is 0 Å². The fourth-order valence-electron chi connectivity index (χ4n) is 1.42. The molecule has 1 aromatic heterocycles. The molecule has 0 fully saturated rings. The van der Waals surface area contributed by atoms with E-state index in [0.717, 1.165) is 18.8 Å². The largest absolute Gasteiger partial charge is 0.384 e. The lowest BCUT2D eigenvalue weighted by Crippen LogP contribution is -2.32. The average Bonchev–Trinajstić information content (AvgIpc) is 2.28. The summed E-state index contributed by atoms with van der Waals surface area (Å²) in [6.45, 7) is 6.39. The van der Waals surface area contributed by atoms with Crippen LogP contribution in [0.1, 0.15) is 20.3 Å². The fraction of sp³-hybridized carbons (Fsp3) is 0.583. The summed E-state index contributed by atoms with van der Waals surface area (Å²) in [5, 5.41) is 3.86. The third kappa shape index (κ3) is 4.37. The van der Waals surface area contributed by atoms with Crippen LogP contribution >= 0.6 is 11.6 Å². The Morgan fingerprint density at radius 3 is 2.94 bits per heavy atom. The lowest BCUT2D eigenvalue weighted by atomic mass is 10.2. The molecule has 0 radical (unpaired) electrons. The van der Waals surface area contributed by atoms with Crippen LogP contribution < -0.4 is 5.32 Å². The Morgan fingerprint density at radius 1 is 1.56 bits per heavy atom. The Kier molecular flexibility index (Phi) is 5.56. The van der Waals surface area contributed by atoms with Crippen molar-refractivity contribution < 1.29 is 0 Å². The summed E-state index contributed by atoms with van der Waals surface area (Å²) in [5.41, 5.74) is 1.03. The molecule has 1 N–H and O–H groups in total. The Morgan fingerprint density at radius 2 is 2.31 bits per heavy atom. The van der Waals surface area contributed by atoms with Crippen molar-refractivity contribution in [3.63, 3.8) is 0 Å². The molecule has 0 aliphatic carbocycles. The molecule has 16 heavy (non-hydrogen) atoms. The smallest absolute Gasteiger partial charge is 0.131 e. The Labute approximate surface area is 103 Å². The van der Waals surface area contributed by atoms with E-state index >= 15 is 0 Å². The van der Waals surface area contributed by atoms with Crippen molar-refractivity contribution in [1.29, 1.82) is 0 Å². The lowest BCUT2D eigenvalue weighted by molar-refractivity contribution is 0.261. The van der Waals surface area contributed by atoms with E-state index in [-0.39, 0.29) is 0 Å². The first-order valence-electron chi connectivity index (χ1n) is 5.69. The van der Waals surface area contributed by atoms with Crippen molar-refractivity contribution in [3.8, 4) is 0 Å². The van der Waals surface area contributed by atoms with Crippen LogP contribution in [-0.4, -0.2) is 36.1 Å². The zero-order valence-corrected chi connectivity index (χ0v) is 11.0. The summed E-state index contributed by atoms with van der Waals surface area (Å²) >= 11 is 5.80. The summed E-state index contributed by atoms with van der Waals surface area (Å²) in [7, 11) is 2.15. The van der Waals surface area contributed by atoms with E-state index in [1.807, 2.05) is 12.1 Å².